The minimum Gasteiger partial charge on any atom is -0.322 e. The van der Waals surface area contributed by atoms with E-state index in [1.165, 1.54) is 12.1 Å². The third-order valence-electron chi connectivity index (χ3n) is 3.07. The molecule has 1 N–H and O–H groups in total. The van der Waals surface area contributed by atoms with Gasteiger partial charge in [0, 0.05) is 18.1 Å². The van der Waals surface area contributed by atoms with E-state index in [0.29, 0.717) is 5.69 Å². The van der Waals surface area contributed by atoms with E-state index < -0.39 is 11.7 Å². The molecule has 3 rings (SSSR count). The van der Waals surface area contributed by atoms with Gasteiger partial charge in [-0.3, -0.25) is 4.79 Å². The smallest absolute Gasteiger partial charge is 0.257 e. The summed E-state index contributed by atoms with van der Waals surface area (Å²) in [5, 5.41) is 6.91. The zero-order valence-electron chi connectivity index (χ0n) is 11.3. The first-order valence-electron chi connectivity index (χ1n) is 6.50. The Kier molecular flexibility index (Phi) is 3.89. The molecule has 0 unspecified atom stereocenters. The average Bonchev–Trinajstić information content (AvgIpc) is 3.02. The number of benzene rings is 2. The highest BCUT2D eigenvalue weighted by Crippen LogP contribution is 2.19. The van der Waals surface area contributed by atoms with Gasteiger partial charge in [0.25, 0.3) is 5.91 Å². The number of nitrogens with one attached hydrogen (secondary N) is 1. The second-order valence-corrected chi connectivity index (χ2v) is 4.98. The molecule has 1 aromatic heterocycles. The molecule has 0 aliphatic rings. The number of rotatable bonds is 3. The maximum atomic E-state index is 13.0. The second-order valence-electron chi connectivity index (χ2n) is 4.58. The van der Waals surface area contributed by atoms with Crippen LogP contribution in [0.2, 0.25) is 5.02 Å². The van der Waals surface area contributed by atoms with Gasteiger partial charge in [0.1, 0.15) is 5.82 Å². The van der Waals surface area contributed by atoms with Crippen LogP contribution in [0, 0.1) is 5.82 Å². The molecule has 0 saturated carbocycles. The van der Waals surface area contributed by atoms with Crippen molar-refractivity contribution in [1.82, 2.24) is 9.78 Å². The van der Waals surface area contributed by atoms with Crippen molar-refractivity contribution in [3.63, 3.8) is 0 Å². The molecule has 6 heteroatoms. The van der Waals surface area contributed by atoms with Crippen LogP contribution in [-0.2, 0) is 0 Å². The molecule has 110 valence electrons. The van der Waals surface area contributed by atoms with E-state index in [-0.39, 0.29) is 10.6 Å². The van der Waals surface area contributed by atoms with Crippen molar-refractivity contribution in [2.24, 2.45) is 0 Å². The van der Waals surface area contributed by atoms with Crippen molar-refractivity contribution < 1.29 is 9.18 Å². The van der Waals surface area contributed by atoms with Gasteiger partial charge in [-0.25, -0.2) is 9.07 Å². The molecule has 1 amide bonds. The zero-order chi connectivity index (χ0) is 15.5. The van der Waals surface area contributed by atoms with Crippen LogP contribution in [0.4, 0.5) is 10.1 Å². The first-order valence-corrected chi connectivity index (χ1v) is 6.88. The minimum absolute atomic E-state index is 0.0747. The molecule has 4 nitrogen and oxygen atoms in total. The van der Waals surface area contributed by atoms with Gasteiger partial charge in [-0.1, -0.05) is 11.6 Å². The molecule has 22 heavy (non-hydrogen) atoms. The molecule has 0 radical (unpaired) electrons. The molecular formula is C16H11ClFN3O. The number of aromatic nitrogens is 2. The SMILES string of the molecule is O=C(Nc1ccc(-n2cccn2)cc1)c1ccc(F)cc1Cl. The van der Waals surface area contributed by atoms with Gasteiger partial charge in [0.05, 0.1) is 16.3 Å². The van der Waals surface area contributed by atoms with E-state index in [2.05, 4.69) is 10.4 Å². The quantitative estimate of drug-likeness (QED) is 0.796. The first kappa shape index (κ1) is 14.3. The molecule has 3 aromatic rings. The van der Waals surface area contributed by atoms with Gasteiger partial charge in [-0.05, 0) is 48.5 Å². The Bertz CT molecular complexity index is 801. The van der Waals surface area contributed by atoms with E-state index in [1.54, 1.807) is 23.0 Å². The maximum Gasteiger partial charge on any atom is 0.257 e. The van der Waals surface area contributed by atoms with Crippen molar-refractivity contribution in [3.05, 3.63) is 77.3 Å². The highest BCUT2D eigenvalue weighted by molar-refractivity contribution is 6.34. The number of anilines is 1. The Morgan fingerprint density at radius 1 is 1.18 bits per heavy atom. The van der Waals surface area contributed by atoms with E-state index in [1.807, 2.05) is 24.4 Å². The lowest BCUT2D eigenvalue weighted by molar-refractivity contribution is 0.102. The van der Waals surface area contributed by atoms with E-state index in [4.69, 9.17) is 11.6 Å². The van der Waals surface area contributed by atoms with Crippen LogP contribution in [0.5, 0.6) is 0 Å². The number of amides is 1. The molecule has 0 bridgehead atoms. The fourth-order valence-electron chi connectivity index (χ4n) is 1.99. The molecule has 0 atom stereocenters. The summed E-state index contributed by atoms with van der Waals surface area (Å²) in [5.74, 6) is -0.873. The van der Waals surface area contributed by atoms with Crippen molar-refractivity contribution >= 4 is 23.2 Å². The molecule has 1 heterocycles. The molecule has 0 fully saturated rings. The third kappa shape index (κ3) is 2.99. The molecule has 0 aliphatic carbocycles. The Morgan fingerprint density at radius 3 is 2.59 bits per heavy atom. The number of nitrogens with zero attached hydrogens (tertiary/aromatic N) is 2. The number of hydrogen-bond acceptors (Lipinski definition) is 2. The van der Waals surface area contributed by atoms with E-state index in [0.717, 1.165) is 11.8 Å². The third-order valence-corrected chi connectivity index (χ3v) is 3.38. The Labute approximate surface area is 131 Å². The van der Waals surface area contributed by atoms with Crippen molar-refractivity contribution in [3.8, 4) is 5.69 Å². The monoisotopic (exact) mass is 315 g/mol. The van der Waals surface area contributed by atoms with Crippen LogP contribution in [0.25, 0.3) is 5.69 Å². The lowest BCUT2D eigenvalue weighted by Gasteiger charge is -2.08. The summed E-state index contributed by atoms with van der Waals surface area (Å²) in [6.07, 6.45) is 3.51. The topological polar surface area (TPSA) is 46.9 Å². The lowest BCUT2D eigenvalue weighted by Crippen LogP contribution is -2.12. The van der Waals surface area contributed by atoms with Crippen LogP contribution < -0.4 is 5.32 Å². The summed E-state index contributed by atoms with van der Waals surface area (Å²) >= 11 is 5.87. The number of carbonyl (C=O) groups excluding carboxylic acids is 1. The highest BCUT2D eigenvalue weighted by atomic mass is 35.5. The fourth-order valence-corrected chi connectivity index (χ4v) is 2.24. The summed E-state index contributed by atoms with van der Waals surface area (Å²) in [4.78, 5) is 12.1. The number of halogens is 2. The lowest BCUT2D eigenvalue weighted by atomic mass is 10.2. The Morgan fingerprint density at radius 2 is 1.95 bits per heavy atom. The van der Waals surface area contributed by atoms with Gasteiger partial charge in [0.15, 0.2) is 0 Å². The zero-order valence-corrected chi connectivity index (χ0v) is 12.1. The second kappa shape index (κ2) is 5.99. The summed E-state index contributed by atoms with van der Waals surface area (Å²) in [6, 6.07) is 12.7. The van der Waals surface area contributed by atoms with Crippen LogP contribution in [0.1, 0.15) is 10.4 Å². The summed E-state index contributed by atoms with van der Waals surface area (Å²) in [5.41, 5.74) is 1.71. The molecule has 2 aromatic carbocycles. The predicted molar refractivity (Wildman–Crippen MR) is 82.9 cm³/mol. The summed E-state index contributed by atoms with van der Waals surface area (Å²) in [7, 11) is 0. The normalized spacial score (nSPS) is 10.5. The molecule has 0 aliphatic heterocycles. The molecule has 0 spiro atoms. The fraction of sp³-hybridized carbons (Fsp3) is 0. The molecule has 0 saturated heterocycles. The van der Waals surface area contributed by atoms with Gasteiger partial charge in [0.2, 0.25) is 0 Å². The van der Waals surface area contributed by atoms with Gasteiger partial charge < -0.3 is 5.32 Å². The number of hydrogen-bond donors (Lipinski definition) is 1. The van der Waals surface area contributed by atoms with E-state index >= 15 is 0 Å². The standard InChI is InChI=1S/C16H11ClFN3O/c17-15-10-11(18)2-7-14(15)16(22)20-12-3-5-13(6-4-12)21-9-1-8-19-21/h1-10H,(H,20,22). The Hall–Kier alpha value is -2.66. The van der Waals surface area contributed by atoms with Gasteiger partial charge in [-0.2, -0.15) is 5.10 Å². The average molecular weight is 316 g/mol. The minimum atomic E-state index is -0.481. The van der Waals surface area contributed by atoms with Crippen molar-refractivity contribution in [2.75, 3.05) is 5.32 Å². The largest absolute Gasteiger partial charge is 0.322 e. The molecular weight excluding hydrogens is 305 g/mol. The van der Waals surface area contributed by atoms with Crippen LogP contribution in [0.3, 0.4) is 0 Å². The van der Waals surface area contributed by atoms with Crippen LogP contribution in [-0.4, -0.2) is 15.7 Å². The van der Waals surface area contributed by atoms with Gasteiger partial charge >= 0.3 is 0 Å². The van der Waals surface area contributed by atoms with Crippen LogP contribution in [0.15, 0.2) is 60.9 Å². The van der Waals surface area contributed by atoms with E-state index in [9.17, 15) is 9.18 Å². The first-order chi connectivity index (χ1) is 10.6. The maximum absolute atomic E-state index is 13.0. The summed E-state index contributed by atoms with van der Waals surface area (Å²) in [6.45, 7) is 0. The highest BCUT2D eigenvalue weighted by Gasteiger charge is 2.11. The number of carbonyl (C=O) groups is 1. The predicted octanol–water partition coefficient (Wildman–Crippen LogP) is 3.92. The van der Waals surface area contributed by atoms with Crippen molar-refractivity contribution in [2.45, 2.75) is 0 Å². The summed E-state index contributed by atoms with van der Waals surface area (Å²) < 4.78 is 14.7. The Balaban J connectivity index is 1.77. The van der Waals surface area contributed by atoms with Gasteiger partial charge in [-0.15, -0.1) is 0 Å². The van der Waals surface area contributed by atoms with Crippen molar-refractivity contribution in [1.29, 1.82) is 0 Å². The van der Waals surface area contributed by atoms with Crippen LogP contribution >= 0.6 is 11.6 Å².